The molecule has 3 heteroatoms. The highest BCUT2D eigenvalue weighted by atomic mass is 127. The molecule has 28 heavy (non-hydrogen) atoms. The van der Waals surface area contributed by atoms with Crippen molar-refractivity contribution in [3.8, 4) is 11.1 Å². The van der Waals surface area contributed by atoms with E-state index in [2.05, 4.69) is 92.0 Å². The molecule has 0 aromatic heterocycles. The second kappa shape index (κ2) is 8.08. The summed E-state index contributed by atoms with van der Waals surface area (Å²) in [5, 5.41) is 3.16. The fourth-order valence-electron chi connectivity index (χ4n) is 3.18. The van der Waals surface area contributed by atoms with Gasteiger partial charge in [0, 0.05) is 20.4 Å². The molecule has 0 fully saturated rings. The summed E-state index contributed by atoms with van der Waals surface area (Å²) in [6.07, 6.45) is 0. The van der Waals surface area contributed by atoms with Gasteiger partial charge >= 0.3 is 0 Å². The fraction of sp³-hybridized carbons (Fsp3) is 0.240. The maximum atomic E-state index is 12.9. The molecule has 3 aromatic carbocycles. The van der Waals surface area contributed by atoms with Crippen molar-refractivity contribution in [2.75, 3.05) is 5.32 Å². The largest absolute Gasteiger partial charge is 0.321 e. The van der Waals surface area contributed by atoms with Gasteiger partial charge in [-0.15, -0.1) is 0 Å². The second-order valence-corrected chi connectivity index (χ2v) is 9.54. The summed E-state index contributed by atoms with van der Waals surface area (Å²) in [6.45, 7) is 10.7. The maximum Gasteiger partial charge on any atom is 0.255 e. The van der Waals surface area contributed by atoms with Crippen molar-refractivity contribution in [3.05, 3.63) is 86.5 Å². The molecule has 0 aliphatic heterocycles. The lowest BCUT2D eigenvalue weighted by Gasteiger charge is -2.22. The maximum absolute atomic E-state index is 12.9. The van der Waals surface area contributed by atoms with Crippen LogP contribution in [0.25, 0.3) is 11.1 Å². The number of rotatable bonds is 3. The van der Waals surface area contributed by atoms with Crippen molar-refractivity contribution >= 4 is 34.2 Å². The van der Waals surface area contributed by atoms with Crippen molar-refractivity contribution in [1.82, 2.24) is 0 Å². The average molecular weight is 483 g/mol. The number of carbonyl (C=O) groups is 1. The first-order chi connectivity index (χ1) is 13.1. The van der Waals surface area contributed by atoms with Crippen molar-refractivity contribution in [1.29, 1.82) is 0 Å². The molecule has 1 amide bonds. The van der Waals surface area contributed by atoms with E-state index in [0.29, 0.717) is 5.56 Å². The molecular weight excluding hydrogens is 457 g/mol. The van der Waals surface area contributed by atoms with E-state index in [1.54, 1.807) is 0 Å². The zero-order valence-electron chi connectivity index (χ0n) is 17.1. The quantitative estimate of drug-likeness (QED) is 0.395. The Hall–Kier alpha value is -2.14. The molecule has 0 spiro atoms. The summed E-state index contributed by atoms with van der Waals surface area (Å²) in [5.74, 6) is -0.0875. The Bertz CT molecular complexity index is 1010. The Morgan fingerprint density at radius 2 is 1.50 bits per heavy atom. The number of nitrogens with one attached hydrogen (secondary N) is 1. The van der Waals surface area contributed by atoms with Gasteiger partial charge in [0.05, 0.1) is 0 Å². The molecule has 0 aliphatic rings. The summed E-state index contributed by atoms with van der Waals surface area (Å²) in [4.78, 5) is 12.9. The number of halogens is 1. The van der Waals surface area contributed by atoms with E-state index in [-0.39, 0.29) is 11.3 Å². The monoisotopic (exact) mass is 483 g/mol. The van der Waals surface area contributed by atoms with Gasteiger partial charge in [0.25, 0.3) is 5.91 Å². The number of benzene rings is 3. The van der Waals surface area contributed by atoms with E-state index in [1.165, 1.54) is 14.7 Å². The summed E-state index contributed by atoms with van der Waals surface area (Å²) >= 11 is 2.33. The van der Waals surface area contributed by atoms with Gasteiger partial charge in [-0.1, -0.05) is 56.7 Å². The average Bonchev–Trinajstić information content (AvgIpc) is 2.62. The van der Waals surface area contributed by atoms with Gasteiger partial charge in [-0.25, -0.2) is 0 Å². The van der Waals surface area contributed by atoms with Gasteiger partial charge in [-0.3, -0.25) is 4.79 Å². The van der Waals surface area contributed by atoms with Crippen LogP contribution in [0.5, 0.6) is 0 Å². The number of hydrogen-bond donors (Lipinski definition) is 1. The molecule has 2 nitrogen and oxygen atoms in total. The van der Waals surface area contributed by atoms with Gasteiger partial charge in [0.15, 0.2) is 0 Å². The highest BCUT2D eigenvalue weighted by Gasteiger charge is 2.18. The first-order valence-electron chi connectivity index (χ1n) is 9.44. The third-order valence-electron chi connectivity index (χ3n) is 4.93. The van der Waals surface area contributed by atoms with Crippen LogP contribution >= 0.6 is 22.6 Å². The zero-order valence-corrected chi connectivity index (χ0v) is 19.2. The summed E-state index contributed by atoms with van der Waals surface area (Å²) in [7, 11) is 0. The van der Waals surface area contributed by atoms with Crippen LogP contribution in [0.4, 0.5) is 5.69 Å². The normalized spacial score (nSPS) is 11.4. The molecule has 0 saturated carbocycles. The molecular formula is C25H26INO. The molecule has 0 radical (unpaired) electrons. The number of amides is 1. The van der Waals surface area contributed by atoms with Crippen LogP contribution in [0.1, 0.15) is 47.8 Å². The minimum Gasteiger partial charge on any atom is -0.321 e. The van der Waals surface area contributed by atoms with Crippen LogP contribution in [0.3, 0.4) is 0 Å². The number of aryl methyl sites for hydroxylation is 2. The molecule has 3 rings (SSSR count). The molecule has 0 aliphatic carbocycles. The number of anilines is 1. The van der Waals surface area contributed by atoms with Gasteiger partial charge in [-0.2, -0.15) is 0 Å². The SMILES string of the molecule is Cc1ccc(C(=O)Nc2cc(C(C)(C)C)ccc2-c2ccc(I)cc2C)cc1. The van der Waals surface area contributed by atoms with Crippen LogP contribution in [0, 0.1) is 17.4 Å². The van der Waals surface area contributed by atoms with Gasteiger partial charge in [0.1, 0.15) is 0 Å². The molecule has 0 atom stereocenters. The van der Waals surface area contributed by atoms with Gasteiger partial charge in [0.2, 0.25) is 0 Å². The van der Waals surface area contributed by atoms with Crippen LogP contribution in [-0.4, -0.2) is 5.91 Å². The lowest BCUT2D eigenvalue weighted by molar-refractivity contribution is 0.102. The van der Waals surface area contributed by atoms with E-state index in [1.807, 2.05) is 31.2 Å². The molecule has 144 valence electrons. The molecule has 0 bridgehead atoms. The Morgan fingerprint density at radius 3 is 2.11 bits per heavy atom. The van der Waals surface area contributed by atoms with Crippen LogP contribution in [0.15, 0.2) is 60.7 Å². The molecule has 1 N–H and O–H groups in total. The minimum absolute atomic E-state index is 0.00295. The minimum atomic E-state index is -0.0875. The molecule has 0 heterocycles. The van der Waals surface area contributed by atoms with Crippen molar-refractivity contribution in [2.24, 2.45) is 0 Å². The molecule has 0 unspecified atom stereocenters. The second-order valence-electron chi connectivity index (χ2n) is 8.29. The zero-order chi connectivity index (χ0) is 20.5. The molecule has 3 aromatic rings. The number of hydrogen-bond acceptors (Lipinski definition) is 1. The highest BCUT2D eigenvalue weighted by Crippen LogP contribution is 2.35. The topological polar surface area (TPSA) is 29.1 Å². The first-order valence-corrected chi connectivity index (χ1v) is 10.5. The summed E-state index contributed by atoms with van der Waals surface area (Å²) in [6, 6.07) is 20.5. The Labute approximate surface area is 181 Å². The van der Waals surface area contributed by atoms with E-state index < -0.39 is 0 Å². The van der Waals surface area contributed by atoms with Crippen molar-refractivity contribution < 1.29 is 4.79 Å². The Balaban J connectivity index is 2.07. The van der Waals surface area contributed by atoms with Gasteiger partial charge in [-0.05, 0) is 88.9 Å². The van der Waals surface area contributed by atoms with E-state index in [4.69, 9.17) is 0 Å². The van der Waals surface area contributed by atoms with E-state index in [9.17, 15) is 4.79 Å². The first kappa shape index (κ1) is 20.6. The van der Waals surface area contributed by atoms with Crippen molar-refractivity contribution in [2.45, 2.75) is 40.0 Å². The third kappa shape index (κ3) is 4.64. The van der Waals surface area contributed by atoms with Gasteiger partial charge < -0.3 is 5.32 Å². The Kier molecular flexibility index (Phi) is 5.94. The summed E-state index contributed by atoms with van der Waals surface area (Å²) < 4.78 is 1.20. The smallest absolute Gasteiger partial charge is 0.255 e. The van der Waals surface area contributed by atoms with Crippen LogP contribution < -0.4 is 5.32 Å². The third-order valence-corrected chi connectivity index (χ3v) is 5.60. The Morgan fingerprint density at radius 1 is 0.857 bits per heavy atom. The standard InChI is InChI=1S/C25H26INO/c1-16-6-8-18(9-7-16)24(28)27-23-15-19(25(3,4)5)10-12-22(23)21-13-11-20(26)14-17(21)2/h6-15H,1-5H3,(H,27,28). The lowest BCUT2D eigenvalue weighted by atomic mass is 9.85. The van der Waals surface area contributed by atoms with E-state index >= 15 is 0 Å². The summed E-state index contributed by atoms with van der Waals surface area (Å²) in [5.41, 5.74) is 7.23. The highest BCUT2D eigenvalue weighted by molar-refractivity contribution is 14.1. The molecule has 0 saturated heterocycles. The van der Waals surface area contributed by atoms with Crippen LogP contribution in [0.2, 0.25) is 0 Å². The predicted octanol–water partition coefficient (Wildman–Crippen LogP) is 7.12. The van der Waals surface area contributed by atoms with E-state index in [0.717, 1.165) is 22.4 Å². The van der Waals surface area contributed by atoms with Crippen molar-refractivity contribution in [3.63, 3.8) is 0 Å². The predicted molar refractivity (Wildman–Crippen MR) is 127 cm³/mol. The lowest BCUT2D eigenvalue weighted by Crippen LogP contribution is -2.15. The number of carbonyl (C=O) groups excluding carboxylic acids is 1. The fourth-order valence-corrected chi connectivity index (χ4v) is 3.82. The van der Waals surface area contributed by atoms with Crippen LogP contribution in [-0.2, 0) is 5.41 Å².